The molecule has 1 aliphatic rings. The summed E-state index contributed by atoms with van der Waals surface area (Å²) in [5, 5.41) is 3.56. The Bertz CT molecular complexity index is 180. The molecule has 0 aromatic heterocycles. The first kappa shape index (κ1) is 14.0. The van der Waals surface area contributed by atoms with Crippen LogP contribution in [0.5, 0.6) is 0 Å². The Hall–Kier alpha value is -0.0800. The van der Waals surface area contributed by atoms with Crippen molar-refractivity contribution in [1.29, 1.82) is 0 Å². The summed E-state index contributed by atoms with van der Waals surface area (Å²) in [6.07, 6.45) is 5.48. The number of nitrogens with one attached hydrogen (secondary N) is 1. The Morgan fingerprint density at radius 3 is 2.62 bits per heavy atom. The van der Waals surface area contributed by atoms with E-state index in [1.165, 1.54) is 25.7 Å². The van der Waals surface area contributed by atoms with Gasteiger partial charge in [0.1, 0.15) is 0 Å². The smallest absolute Gasteiger partial charge is 0.0579 e. The molecule has 1 aliphatic heterocycles. The lowest BCUT2D eigenvalue weighted by atomic mass is 9.77. The van der Waals surface area contributed by atoms with Crippen LogP contribution in [0.3, 0.4) is 0 Å². The fourth-order valence-corrected chi connectivity index (χ4v) is 2.34. The molecule has 0 aromatic rings. The molecule has 1 saturated heterocycles. The van der Waals surface area contributed by atoms with Crippen LogP contribution in [0.2, 0.25) is 0 Å². The van der Waals surface area contributed by atoms with Gasteiger partial charge in [0.25, 0.3) is 0 Å². The van der Waals surface area contributed by atoms with Gasteiger partial charge in [-0.2, -0.15) is 0 Å². The van der Waals surface area contributed by atoms with Gasteiger partial charge in [0.15, 0.2) is 0 Å². The average Bonchev–Trinajstić information content (AvgIpc) is 2.67. The Kier molecular flexibility index (Phi) is 5.77. The van der Waals surface area contributed by atoms with Crippen molar-refractivity contribution < 1.29 is 4.74 Å². The highest BCUT2D eigenvalue weighted by molar-refractivity contribution is 4.80. The topological polar surface area (TPSA) is 21.3 Å². The molecule has 2 atom stereocenters. The predicted molar refractivity (Wildman–Crippen MR) is 69.7 cm³/mol. The Labute approximate surface area is 101 Å². The summed E-state index contributed by atoms with van der Waals surface area (Å²) in [4.78, 5) is 0. The molecule has 16 heavy (non-hydrogen) atoms. The molecular weight excluding hydrogens is 198 g/mol. The summed E-state index contributed by atoms with van der Waals surface area (Å²) < 4.78 is 5.76. The molecular formula is C14H29NO. The lowest BCUT2D eigenvalue weighted by Crippen LogP contribution is -2.34. The van der Waals surface area contributed by atoms with Gasteiger partial charge in [0, 0.05) is 6.61 Å². The van der Waals surface area contributed by atoms with E-state index in [1.54, 1.807) is 0 Å². The first-order valence-corrected chi connectivity index (χ1v) is 6.86. The zero-order valence-corrected chi connectivity index (χ0v) is 11.5. The maximum Gasteiger partial charge on any atom is 0.0579 e. The van der Waals surface area contributed by atoms with Crippen molar-refractivity contribution in [3.8, 4) is 0 Å². The van der Waals surface area contributed by atoms with Crippen molar-refractivity contribution in [3.63, 3.8) is 0 Å². The third kappa shape index (κ3) is 4.84. The van der Waals surface area contributed by atoms with Crippen LogP contribution in [0.25, 0.3) is 0 Å². The Morgan fingerprint density at radius 2 is 2.12 bits per heavy atom. The second-order valence-electron chi connectivity index (χ2n) is 6.14. The van der Waals surface area contributed by atoms with Gasteiger partial charge in [-0.1, -0.05) is 27.7 Å². The minimum Gasteiger partial charge on any atom is -0.378 e. The molecule has 1 heterocycles. The molecule has 2 nitrogen and oxygen atoms in total. The van der Waals surface area contributed by atoms with Crippen molar-refractivity contribution >= 4 is 0 Å². The second kappa shape index (κ2) is 6.61. The molecule has 0 saturated carbocycles. The van der Waals surface area contributed by atoms with Crippen LogP contribution in [-0.2, 0) is 4.74 Å². The number of ether oxygens (including phenoxy) is 1. The monoisotopic (exact) mass is 227 g/mol. The number of rotatable bonds is 6. The molecule has 0 aromatic carbocycles. The largest absolute Gasteiger partial charge is 0.378 e. The molecule has 0 aliphatic carbocycles. The fourth-order valence-electron chi connectivity index (χ4n) is 2.34. The lowest BCUT2D eigenvalue weighted by molar-refractivity contribution is 0.0664. The second-order valence-corrected chi connectivity index (χ2v) is 6.14. The standard InChI is InChI=1S/C14H29NO/c1-5-8-15-11-12(14(2,3)4)10-13-7-6-9-16-13/h12-13,15H,5-11H2,1-4H3. The molecule has 0 radical (unpaired) electrons. The van der Waals surface area contributed by atoms with Gasteiger partial charge in [0.2, 0.25) is 0 Å². The van der Waals surface area contributed by atoms with Gasteiger partial charge in [-0.05, 0) is 50.1 Å². The zero-order valence-electron chi connectivity index (χ0n) is 11.5. The molecule has 0 bridgehead atoms. The third-order valence-electron chi connectivity index (χ3n) is 3.61. The zero-order chi connectivity index (χ0) is 12.0. The minimum absolute atomic E-state index is 0.382. The minimum atomic E-state index is 0.382. The van der Waals surface area contributed by atoms with E-state index in [9.17, 15) is 0 Å². The van der Waals surface area contributed by atoms with Crippen LogP contribution < -0.4 is 5.32 Å². The van der Waals surface area contributed by atoms with Gasteiger partial charge in [-0.3, -0.25) is 0 Å². The quantitative estimate of drug-likeness (QED) is 0.704. The van der Waals surface area contributed by atoms with Crippen LogP contribution in [0.1, 0.15) is 53.4 Å². The van der Waals surface area contributed by atoms with Crippen LogP contribution in [0.15, 0.2) is 0 Å². The van der Waals surface area contributed by atoms with Crippen molar-refractivity contribution in [3.05, 3.63) is 0 Å². The van der Waals surface area contributed by atoms with E-state index < -0.39 is 0 Å². The molecule has 0 spiro atoms. The van der Waals surface area contributed by atoms with Gasteiger partial charge in [-0.15, -0.1) is 0 Å². The molecule has 96 valence electrons. The SMILES string of the molecule is CCCNCC(CC1CCCO1)C(C)(C)C. The lowest BCUT2D eigenvalue weighted by Gasteiger charge is -2.32. The van der Waals surface area contributed by atoms with Crippen LogP contribution in [0.4, 0.5) is 0 Å². The van der Waals surface area contributed by atoms with Gasteiger partial charge < -0.3 is 10.1 Å². The van der Waals surface area contributed by atoms with E-state index in [0.717, 1.165) is 25.6 Å². The highest BCUT2D eigenvalue weighted by atomic mass is 16.5. The average molecular weight is 227 g/mol. The Morgan fingerprint density at radius 1 is 1.38 bits per heavy atom. The molecule has 1 rings (SSSR count). The highest BCUT2D eigenvalue weighted by Crippen LogP contribution is 2.32. The van der Waals surface area contributed by atoms with E-state index in [2.05, 4.69) is 33.0 Å². The molecule has 0 amide bonds. The third-order valence-corrected chi connectivity index (χ3v) is 3.61. The Balaban J connectivity index is 2.37. The van der Waals surface area contributed by atoms with Gasteiger partial charge >= 0.3 is 0 Å². The molecule has 1 fully saturated rings. The van der Waals surface area contributed by atoms with E-state index in [4.69, 9.17) is 4.74 Å². The van der Waals surface area contributed by atoms with Gasteiger partial charge in [-0.25, -0.2) is 0 Å². The number of hydrogen-bond acceptors (Lipinski definition) is 2. The number of hydrogen-bond donors (Lipinski definition) is 1. The van der Waals surface area contributed by atoms with Crippen LogP contribution in [-0.4, -0.2) is 25.8 Å². The summed E-state index contributed by atoms with van der Waals surface area (Å²) >= 11 is 0. The predicted octanol–water partition coefficient (Wildman–Crippen LogP) is 3.22. The van der Waals surface area contributed by atoms with E-state index in [-0.39, 0.29) is 0 Å². The summed E-state index contributed by atoms with van der Waals surface area (Å²) in [6, 6.07) is 0. The normalized spacial score (nSPS) is 23.6. The maximum absolute atomic E-state index is 5.76. The molecule has 2 heteroatoms. The van der Waals surface area contributed by atoms with Crippen molar-refractivity contribution in [1.82, 2.24) is 5.32 Å². The highest BCUT2D eigenvalue weighted by Gasteiger charge is 2.28. The molecule has 2 unspecified atom stereocenters. The summed E-state index contributed by atoms with van der Waals surface area (Å²) in [5.41, 5.74) is 0.382. The fraction of sp³-hybridized carbons (Fsp3) is 1.00. The van der Waals surface area contributed by atoms with Crippen LogP contribution >= 0.6 is 0 Å². The summed E-state index contributed by atoms with van der Waals surface area (Å²) in [7, 11) is 0. The summed E-state index contributed by atoms with van der Waals surface area (Å²) in [5.74, 6) is 0.724. The van der Waals surface area contributed by atoms with E-state index in [0.29, 0.717) is 11.5 Å². The van der Waals surface area contributed by atoms with Crippen molar-refractivity contribution in [2.75, 3.05) is 19.7 Å². The maximum atomic E-state index is 5.76. The van der Waals surface area contributed by atoms with E-state index >= 15 is 0 Å². The molecule has 1 N–H and O–H groups in total. The first-order valence-electron chi connectivity index (χ1n) is 6.86. The first-order chi connectivity index (χ1) is 7.54. The van der Waals surface area contributed by atoms with E-state index in [1.807, 2.05) is 0 Å². The van der Waals surface area contributed by atoms with Crippen molar-refractivity contribution in [2.24, 2.45) is 11.3 Å². The van der Waals surface area contributed by atoms with Crippen molar-refractivity contribution in [2.45, 2.75) is 59.5 Å². The van der Waals surface area contributed by atoms with Crippen LogP contribution in [0, 0.1) is 11.3 Å². The van der Waals surface area contributed by atoms with Gasteiger partial charge in [0.05, 0.1) is 6.10 Å². The summed E-state index contributed by atoms with van der Waals surface area (Å²) in [6.45, 7) is 12.5.